The van der Waals surface area contributed by atoms with Crippen LogP contribution in [0, 0.1) is 24.7 Å². The Hall–Kier alpha value is -1.55. The summed E-state index contributed by atoms with van der Waals surface area (Å²) in [5.41, 5.74) is 1.74. The van der Waals surface area contributed by atoms with Crippen LogP contribution in [0.3, 0.4) is 0 Å². The quantitative estimate of drug-likeness (QED) is 0.874. The molecule has 0 heterocycles. The first-order chi connectivity index (χ1) is 9.93. The lowest BCUT2D eigenvalue weighted by atomic mass is 9.86. The summed E-state index contributed by atoms with van der Waals surface area (Å²) in [5, 5.41) is 20.1. The molecule has 4 nitrogen and oxygen atoms in total. The Labute approximate surface area is 125 Å². The molecule has 2 rings (SSSR count). The maximum Gasteiger partial charge on any atom is 0.306 e. The highest BCUT2D eigenvalue weighted by Crippen LogP contribution is 2.45. The summed E-state index contributed by atoms with van der Waals surface area (Å²) in [4.78, 5) is 11.4. The van der Waals surface area contributed by atoms with Gasteiger partial charge in [0, 0.05) is 11.5 Å². The highest BCUT2D eigenvalue weighted by molar-refractivity contribution is 5.71. The van der Waals surface area contributed by atoms with Crippen LogP contribution in [-0.4, -0.2) is 22.8 Å². The lowest BCUT2D eigenvalue weighted by molar-refractivity contribution is -0.144. The predicted octanol–water partition coefficient (Wildman–Crippen LogP) is 3.17. The second kappa shape index (κ2) is 6.48. The number of rotatable bonds is 5. The number of carbonyl (C=O) groups is 1. The van der Waals surface area contributed by atoms with Crippen molar-refractivity contribution in [1.82, 2.24) is 0 Å². The van der Waals surface area contributed by atoms with Crippen LogP contribution in [-0.2, 0) is 4.79 Å². The molecule has 1 saturated carbocycles. The summed E-state index contributed by atoms with van der Waals surface area (Å²) in [7, 11) is 0. The fourth-order valence-corrected chi connectivity index (χ4v) is 3.38. The van der Waals surface area contributed by atoms with Gasteiger partial charge in [0.25, 0.3) is 0 Å². The lowest BCUT2D eigenvalue weighted by Crippen LogP contribution is -2.24. The molecule has 1 aliphatic rings. The van der Waals surface area contributed by atoms with Crippen molar-refractivity contribution in [2.75, 3.05) is 6.61 Å². The Bertz CT molecular complexity index is 512. The summed E-state index contributed by atoms with van der Waals surface area (Å²) in [6, 6.07) is 5.69. The minimum absolute atomic E-state index is 0.251. The van der Waals surface area contributed by atoms with E-state index in [9.17, 15) is 15.0 Å². The molecule has 0 aromatic heterocycles. The minimum atomic E-state index is -0.811. The number of aryl methyl sites for hydroxylation is 1. The van der Waals surface area contributed by atoms with Crippen molar-refractivity contribution in [3.05, 3.63) is 29.3 Å². The SMILES string of the molecule is CCOc1ccc(C)cc1C(O)C1CC(C)CC1C(=O)O. The van der Waals surface area contributed by atoms with Gasteiger partial charge in [-0.25, -0.2) is 0 Å². The molecule has 4 atom stereocenters. The molecule has 1 aromatic carbocycles. The van der Waals surface area contributed by atoms with Gasteiger partial charge in [0.05, 0.1) is 18.6 Å². The maximum absolute atomic E-state index is 11.4. The van der Waals surface area contributed by atoms with Gasteiger partial charge in [-0.1, -0.05) is 18.6 Å². The third-order valence-electron chi connectivity index (χ3n) is 4.35. The molecular formula is C17H24O4. The Morgan fingerprint density at radius 3 is 2.76 bits per heavy atom. The normalized spacial score (nSPS) is 26.6. The Kier molecular flexibility index (Phi) is 4.88. The molecular weight excluding hydrogens is 268 g/mol. The fraction of sp³-hybridized carbons (Fsp3) is 0.588. The molecule has 0 saturated heterocycles. The molecule has 1 aliphatic carbocycles. The average molecular weight is 292 g/mol. The van der Waals surface area contributed by atoms with E-state index in [1.807, 2.05) is 39.0 Å². The smallest absolute Gasteiger partial charge is 0.306 e. The van der Waals surface area contributed by atoms with Gasteiger partial charge < -0.3 is 14.9 Å². The zero-order chi connectivity index (χ0) is 15.6. The zero-order valence-electron chi connectivity index (χ0n) is 12.9. The van der Waals surface area contributed by atoms with E-state index in [1.165, 1.54) is 0 Å². The summed E-state index contributed by atoms with van der Waals surface area (Å²) < 4.78 is 5.59. The minimum Gasteiger partial charge on any atom is -0.493 e. The number of aliphatic hydroxyl groups excluding tert-OH is 1. The van der Waals surface area contributed by atoms with Gasteiger partial charge in [-0.3, -0.25) is 4.79 Å². The Morgan fingerprint density at radius 2 is 2.14 bits per heavy atom. The lowest BCUT2D eigenvalue weighted by Gasteiger charge is -2.24. The van der Waals surface area contributed by atoms with Crippen LogP contribution < -0.4 is 4.74 Å². The zero-order valence-corrected chi connectivity index (χ0v) is 12.9. The van der Waals surface area contributed by atoms with E-state index in [0.717, 1.165) is 12.0 Å². The number of aliphatic hydroxyl groups is 1. The van der Waals surface area contributed by atoms with Crippen molar-refractivity contribution in [2.24, 2.45) is 17.8 Å². The Morgan fingerprint density at radius 1 is 1.43 bits per heavy atom. The van der Waals surface area contributed by atoms with Crippen LogP contribution in [0.5, 0.6) is 5.75 Å². The van der Waals surface area contributed by atoms with Crippen LogP contribution in [0.4, 0.5) is 0 Å². The fourth-order valence-electron chi connectivity index (χ4n) is 3.38. The van der Waals surface area contributed by atoms with Crippen molar-refractivity contribution in [3.63, 3.8) is 0 Å². The standard InChI is InChI=1S/C17H24O4/c1-4-21-15-6-5-10(2)7-14(15)16(18)12-8-11(3)9-13(12)17(19)20/h5-7,11-13,16,18H,4,8-9H2,1-3H3,(H,19,20). The van der Waals surface area contributed by atoms with E-state index >= 15 is 0 Å². The van der Waals surface area contributed by atoms with Crippen molar-refractivity contribution >= 4 is 5.97 Å². The number of hydrogen-bond donors (Lipinski definition) is 2. The van der Waals surface area contributed by atoms with Crippen LogP contribution in [0.1, 0.15) is 43.9 Å². The molecule has 0 radical (unpaired) electrons. The molecule has 2 N–H and O–H groups in total. The van der Waals surface area contributed by atoms with E-state index in [4.69, 9.17) is 4.74 Å². The number of carboxylic acids is 1. The van der Waals surface area contributed by atoms with Gasteiger partial charge >= 0.3 is 5.97 Å². The predicted molar refractivity (Wildman–Crippen MR) is 80.3 cm³/mol. The first-order valence-corrected chi connectivity index (χ1v) is 7.58. The second-order valence-corrected chi connectivity index (χ2v) is 6.10. The van der Waals surface area contributed by atoms with Gasteiger partial charge in [0.2, 0.25) is 0 Å². The average Bonchev–Trinajstić information content (AvgIpc) is 2.82. The summed E-state index contributed by atoms with van der Waals surface area (Å²) in [6.07, 6.45) is 0.572. The van der Waals surface area contributed by atoms with E-state index < -0.39 is 18.0 Å². The number of hydrogen-bond acceptors (Lipinski definition) is 3. The monoisotopic (exact) mass is 292 g/mol. The van der Waals surface area contributed by atoms with Crippen molar-refractivity contribution in [1.29, 1.82) is 0 Å². The highest BCUT2D eigenvalue weighted by Gasteiger charge is 2.42. The van der Waals surface area contributed by atoms with Crippen LogP contribution in [0.25, 0.3) is 0 Å². The molecule has 1 fully saturated rings. The largest absolute Gasteiger partial charge is 0.493 e. The molecule has 4 heteroatoms. The summed E-state index contributed by atoms with van der Waals surface area (Å²) >= 11 is 0. The third-order valence-corrected chi connectivity index (χ3v) is 4.35. The molecule has 21 heavy (non-hydrogen) atoms. The topological polar surface area (TPSA) is 66.8 Å². The van der Waals surface area contributed by atoms with Gasteiger partial charge in [-0.15, -0.1) is 0 Å². The molecule has 1 aromatic rings. The number of benzene rings is 1. The number of carboxylic acid groups (broad SMARTS) is 1. The number of aliphatic carboxylic acids is 1. The van der Waals surface area contributed by atoms with Gasteiger partial charge in [-0.05, 0) is 44.7 Å². The molecule has 0 amide bonds. The first kappa shape index (κ1) is 15.8. The van der Waals surface area contributed by atoms with Crippen LogP contribution in [0.2, 0.25) is 0 Å². The van der Waals surface area contributed by atoms with Gasteiger partial charge in [0.1, 0.15) is 5.75 Å². The van der Waals surface area contributed by atoms with E-state index in [1.54, 1.807) is 0 Å². The van der Waals surface area contributed by atoms with E-state index in [2.05, 4.69) is 0 Å². The second-order valence-electron chi connectivity index (χ2n) is 6.10. The van der Waals surface area contributed by atoms with Gasteiger partial charge in [-0.2, -0.15) is 0 Å². The van der Waals surface area contributed by atoms with Crippen molar-refractivity contribution in [3.8, 4) is 5.75 Å². The number of ether oxygens (including phenoxy) is 1. The summed E-state index contributed by atoms with van der Waals surface area (Å²) in [6.45, 7) is 6.42. The van der Waals surface area contributed by atoms with Gasteiger partial charge in [0.15, 0.2) is 0 Å². The van der Waals surface area contributed by atoms with Crippen molar-refractivity contribution < 1.29 is 19.7 Å². The first-order valence-electron chi connectivity index (χ1n) is 7.58. The third kappa shape index (κ3) is 3.38. The molecule has 4 unspecified atom stereocenters. The van der Waals surface area contributed by atoms with Crippen molar-refractivity contribution in [2.45, 2.75) is 39.7 Å². The van der Waals surface area contributed by atoms with Crippen LogP contribution >= 0.6 is 0 Å². The molecule has 0 spiro atoms. The maximum atomic E-state index is 11.4. The van der Waals surface area contributed by atoms with E-state index in [0.29, 0.717) is 30.3 Å². The van der Waals surface area contributed by atoms with E-state index in [-0.39, 0.29) is 5.92 Å². The molecule has 116 valence electrons. The van der Waals surface area contributed by atoms with Crippen LogP contribution in [0.15, 0.2) is 18.2 Å². The highest BCUT2D eigenvalue weighted by atomic mass is 16.5. The summed E-state index contributed by atoms with van der Waals surface area (Å²) in [5.74, 6) is -0.567. The molecule has 0 bridgehead atoms. The Balaban J connectivity index is 2.32. The molecule has 0 aliphatic heterocycles.